The third kappa shape index (κ3) is 3.18. The Hall–Kier alpha value is -1.66. The molecule has 96 valence electrons. The van der Waals surface area contributed by atoms with E-state index in [1.54, 1.807) is 0 Å². The largest absolute Gasteiger partial charge is 0.378 e. The van der Waals surface area contributed by atoms with Crippen molar-refractivity contribution in [3.63, 3.8) is 0 Å². The maximum absolute atomic E-state index is 5.44. The van der Waals surface area contributed by atoms with Gasteiger partial charge in [0, 0.05) is 24.5 Å². The van der Waals surface area contributed by atoms with Gasteiger partial charge in [-0.25, -0.2) is 0 Å². The second-order valence-electron chi connectivity index (χ2n) is 4.42. The predicted molar refractivity (Wildman–Crippen MR) is 76.0 cm³/mol. The number of nitrogens with one attached hydrogen (secondary N) is 1. The van der Waals surface area contributed by atoms with Gasteiger partial charge in [-0.1, -0.05) is 12.8 Å². The topological polar surface area (TPSA) is 24.5 Å². The van der Waals surface area contributed by atoms with E-state index in [9.17, 15) is 0 Å². The minimum atomic E-state index is 0.110. The summed E-state index contributed by atoms with van der Waals surface area (Å²) in [4.78, 5) is 2.34. The van der Waals surface area contributed by atoms with Crippen LogP contribution in [-0.4, -0.2) is 32.3 Å². The molecule has 1 aliphatic rings. The van der Waals surface area contributed by atoms with E-state index < -0.39 is 0 Å². The fourth-order valence-electron chi connectivity index (χ4n) is 2.05. The molecule has 1 aromatic carbocycles. The number of terminal acetylenes is 1. The van der Waals surface area contributed by atoms with E-state index in [-0.39, 0.29) is 6.04 Å². The molecule has 1 saturated heterocycles. The van der Waals surface area contributed by atoms with Gasteiger partial charge >= 0.3 is 0 Å². The molecule has 0 bridgehead atoms. The van der Waals surface area contributed by atoms with E-state index in [4.69, 9.17) is 11.2 Å². The maximum Gasteiger partial charge on any atom is 0.0871 e. The van der Waals surface area contributed by atoms with Crippen LogP contribution in [0.2, 0.25) is 0 Å². The molecular weight excluding hydrogens is 224 g/mol. The number of benzene rings is 1. The zero-order valence-corrected chi connectivity index (χ0v) is 10.9. The van der Waals surface area contributed by atoms with Crippen molar-refractivity contribution < 1.29 is 4.74 Å². The predicted octanol–water partition coefficient (Wildman–Crippen LogP) is 2.35. The van der Waals surface area contributed by atoms with Crippen LogP contribution in [0.4, 0.5) is 11.4 Å². The van der Waals surface area contributed by atoms with Gasteiger partial charge in [0.15, 0.2) is 0 Å². The van der Waals surface area contributed by atoms with Crippen molar-refractivity contribution in [1.82, 2.24) is 0 Å². The third-order valence-electron chi connectivity index (χ3n) is 3.19. The highest BCUT2D eigenvalue weighted by Gasteiger charge is 2.10. The monoisotopic (exact) mass is 244 g/mol. The first-order valence-electron chi connectivity index (χ1n) is 6.49. The number of hydrogen-bond donors (Lipinski definition) is 1. The second-order valence-corrected chi connectivity index (χ2v) is 4.42. The van der Waals surface area contributed by atoms with Gasteiger partial charge < -0.3 is 15.0 Å². The van der Waals surface area contributed by atoms with Crippen LogP contribution < -0.4 is 10.2 Å². The fourth-order valence-corrected chi connectivity index (χ4v) is 2.05. The molecule has 3 nitrogen and oxygen atoms in total. The van der Waals surface area contributed by atoms with Gasteiger partial charge in [0.05, 0.1) is 19.3 Å². The lowest BCUT2D eigenvalue weighted by atomic mass is 10.2. The minimum Gasteiger partial charge on any atom is -0.378 e. The molecule has 1 unspecified atom stereocenters. The van der Waals surface area contributed by atoms with Gasteiger partial charge in [0.1, 0.15) is 0 Å². The fraction of sp³-hybridized carbons (Fsp3) is 0.467. The van der Waals surface area contributed by atoms with Crippen LogP contribution in [0.3, 0.4) is 0 Å². The molecule has 0 saturated carbocycles. The molecule has 0 spiro atoms. The van der Waals surface area contributed by atoms with E-state index in [1.165, 1.54) is 5.69 Å². The smallest absolute Gasteiger partial charge is 0.0871 e. The lowest BCUT2D eigenvalue weighted by molar-refractivity contribution is 0.122. The maximum atomic E-state index is 5.44. The Bertz CT molecular complexity index is 401. The molecule has 1 heterocycles. The second kappa shape index (κ2) is 6.32. The Labute approximate surface area is 109 Å². The van der Waals surface area contributed by atoms with Crippen LogP contribution in [0, 0.1) is 12.3 Å². The normalized spacial score (nSPS) is 17.0. The summed E-state index contributed by atoms with van der Waals surface area (Å²) in [5, 5.41) is 3.33. The summed E-state index contributed by atoms with van der Waals surface area (Å²) in [6, 6.07) is 8.56. The zero-order valence-electron chi connectivity index (χ0n) is 10.9. The van der Waals surface area contributed by atoms with Crippen LogP contribution >= 0.6 is 0 Å². The van der Waals surface area contributed by atoms with Gasteiger partial charge in [-0.05, 0) is 30.7 Å². The van der Waals surface area contributed by atoms with E-state index in [2.05, 4.69) is 47.3 Å². The number of nitrogens with zero attached hydrogens (tertiary/aromatic N) is 1. The summed E-state index contributed by atoms with van der Waals surface area (Å²) in [5.41, 5.74) is 2.33. The van der Waals surface area contributed by atoms with Crippen molar-refractivity contribution in [1.29, 1.82) is 0 Å². The lowest BCUT2D eigenvalue weighted by Gasteiger charge is -2.29. The Kier molecular flexibility index (Phi) is 4.49. The standard InChI is InChI=1S/C15H20N2O/c1-3-13(4-2)16-14-5-7-15(8-6-14)17-9-11-18-12-10-17/h1,5-8,13,16H,4,9-12H2,2H3. The summed E-state index contributed by atoms with van der Waals surface area (Å²) < 4.78 is 5.35. The number of anilines is 2. The molecule has 2 rings (SSSR count). The van der Waals surface area contributed by atoms with E-state index in [0.717, 1.165) is 38.4 Å². The molecule has 1 aliphatic heterocycles. The molecule has 18 heavy (non-hydrogen) atoms. The van der Waals surface area contributed by atoms with Gasteiger partial charge in [0.2, 0.25) is 0 Å². The van der Waals surface area contributed by atoms with E-state index in [0.29, 0.717) is 0 Å². The van der Waals surface area contributed by atoms with Crippen LogP contribution in [-0.2, 0) is 4.74 Å². The van der Waals surface area contributed by atoms with Crippen molar-refractivity contribution in [3.8, 4) is 12.3 Å². The first-order valence-corrected chi connectivity index (χ1v) is 6.49. The Morgan fingerprint density at radius 1 is 1.33 bits per heavy atom. The number of morpholine rings is 1. The molecule has 3 heteroatoms. The van der Waals surface area contributed by atoms with E-state index >= 15 is 0 Å². The summed E-state index contributed by atoms with van der Waals surface area (Å²) in [7, 11) is 0. The molecule has 0 aromatic heterocycles. The van der Waals surface area contributed by atoms with Crippen molar-refractivity contribution >= 4 is 11.4 Å². The molecular formula is C15H20N2O. The SMILES string of the molecule is C#CC(CC)Nc1ccc(N2CCOCC2)cc1. The first-order chi connectivity index (χ1) is 8.83. The van der Waals surface area contributed by atoms with Crippen LogP contribution in [0.5, 0.6) is 0 Å². The van der Waals surface area contributed by atoms with Crippen molar-refractivity contribution in [2.24, 2.45) is 0 Å². The highest BCUT2D eigenvalue weighted by Crippen LogP contribution is 2.19. The summed E-state index contributed by atoms with van der Waals surface area (Å²) in [6.45, 7) is 5.65. The molecule has 1 aromatic rings. The van der Waals surface area contributed by atoms with Crippen molar-refractivity contribution in [3.05, 3.63) is 24.3 Å². The third-order valence-corrected chi connectivity index (χ3v) is 3.19. The number of hydrogen-bond acceptors (Lipinski definition) is 3. The highest BCUT2D eigenvalue weighted by atomic mass is 16.5. The molecule has 1 N–H and O–H groups in total. The van der Waals surface area contributed by atoms with Gasteiger partial charge in [-0.2, -0.15) is 0 Å². The first kappa shape index (κ1) is 12.8. The molecule has 0 amide bonds. The van der Waals surface area contributed by atoms with Gasteiger partial charge in [0.25, 0.3) is 0 Å². The number of rotatable bonds is 4. The molecule has 1 atom stereocenters. The van der Waals surface area contributed by atoms with Gasteiger partial charge in [-0.3, -0.25) is 0 Å². The van der Waals surface area contributed by atoms with Crippen molar-refractivity contribution in [2.45, 2.75) is 19.4 Å². The highest BCUT2D eigenvalue weighted by molar-refractivity contribution is 5.56. The quantitative estimate of drug-likeness (QED) is 0.823. The Balaban J connectivity index is 1.98. The molecule has 1 fully saturated rings. The van der Waals surface area contributed by atoms with E-state index in [1.807, 2.05) is 0 Å². The van der Waals surface area contributed by atoms with Crippen LogP contribution in [0.1, 0.15) is 13.3 Å². The minimum absolute atomic E-state index is 0.110. The summed E-state index contributed by atoms with van der Waals surface area (Å²) >= 11 is 0. The summed E-state index contributed by atoms with van der Waals surface area (Å²) in [5.74, 6) is 2.74. The number of ether oxygens (including phenoxy) is 1. The average molecular weight is 244 g/mol. The Morgan fingerprint density at radius 2 is 2.00 bits per heavy atom. The molecule has 0 aliphatic carbocycles. The Morgan fingerprint density at radius 3 is 2.56 bits per heavy atom. The summed E-state index contributed by atoms with van der Waals surface area (Å²) in [6.07, 6.45) is 6.38. The average Bonchev–Trinajstić information content (AvgIpc) is 2.46. The lowest BCUT2D eigenvalue weighted by Crippen LogP contribution is -2.36. The van der Waals surface area contributed by atoms with Gasteiger partial charge in [-0.15, -0.1) is 6.42 Å². The zero-order chi connectivity index (χ0) is 12.8. The van der Waals surface area contributed by atoms with Crippen molar-refractivity contribution in [2.75, 3.05) is 36.5 Å². The van der Waals surface area contributed by atoms with Crippen LogP contribution in [0.15, 0.2) is 24.3 Å². The molecule has 0 radical (unpaired) electrons. The van der Waals surface area contributed by atoms with Crippen LogP contribution in [0.25, 0.3) is 0 Å².